The molecule has 1 saturated heterocycles. The molecule has 0 saturated carbocycles. The molecule has 0 unspecified atom stereocenters. The molecule has 6 heteroatoms. The normalized spacial score (nSPS) is 20.0. The molecule has 1 aromatic carbocycles. The number of nitrogens with one attached hydrogen (secondary N) is 1. The van der Waals surface area contributed by atoms with Crippen LogP contribution in [0.3, 0.4) is 0 Å². The van der Waals surface area contributed by atoms with Gasteiger partial charge < -0.3 is 15.0 Å². The Bertz CT molecular complexity index is 554. The summed E-state index contributed by atoms with van der Waals surface area (Å²) >= 11 is 0. The summed E-state index contributed by atoms with van der Waals surface area (Å²) in [6.45, 7) is 0.928. The van der Waals surface area contributed by atoms with Crippen molar-refractivity contribution in [2.45, 2.75) is 37.8 Å². The van der Waals surface area contributed by atoms with Gasteiger partial charge in [0.2, 0.25) is 5.91 Å². The predicted octanol–water partition coefficient (Wildman–Crippen LogP) is 1.33. The molecule has 126 valence electrons. The number of nitrogens with zero attached hydrogens (tertiary/aromatic N) is 1. The van der Waals surface area contributed by atoms with E-state index in [1.165, 1.54) is 18.2 Å². The number of halogens is 1. The lowest BCUT2D eigenvalue weighted by Gasteiger charge is -2.23. The highest BCUT2D eigenvalue weighted by molar-refractivity contribution is 5.86. The number of esters is 1. The highest BCUT2D eigenvalue weighted by Crippen LogP contribution is 2.22. The zero-order valence-electron chi connectivity index (χ0n) is 13.3. The van der Waals surface area contributed by atoms with E-state index in [4.69, 9.17) is 4.74 Å². The highest BCUT2D eigenvalue weighted by Gasteiger charge is 2.34. The molecule has 1 aromatic rings. The number of methoxy groups -OCH3 is 1. The van der Waals surface area contributed by atoms with E-state index in [9.17, 15) is 9.59 Å². The molecular formula is C17H23ClN2O3. The number of carbonyl (C=O) groups excluding carboxylic acids is 2. The van der Waals surface area contributed by atoms with Crippen molar-refractivity contribution >= 4 is 24.3 Å². The van der Waals surface area contributed by atoms with Crippen LogP contribution in [0.2, 0.25) is 0 Å². The Morgan fingerprint density at radius 2 is 1.91 bits per heavy atom. The van der Waals surface area contributed by atoms with E-state index in [0.29, 0.717) is 19.0 Å². The van der Waals surface area contributed by atoms with Gasteiger partial charge in [0.05, 0.1) is 13.7 Å². The van der Waals surface area contributed by atoms with Crippen molar-refractivity contribution in [1.82, 2.24) is 10.2 Å². The average molecular weight is 339 g/mol. The van der Waals surface area contributed by atoms with Crippen molar-refractivity contribution in [2.24, 2.45) is 0 Å². The van der Waals surface area contributed by atoms with Gasteiger partial charge in [-0.15, -0.1) is 12.4 Å². The first-order valence-electron chi connectivity index (χ1n) is 7.86. The zero-order valence-corrected chi connectivity index (χ0v) is 14.1. The van der Waals surface area contributed by atoms with E-state index in [2.05, 4.69) is 29.6 Å². The van der Waals surface area contributed by atoms with Crippen LogP contribution in [0.1, 0.15) is 24.0 Å². The van der Waals surface area contributed by atoms with E-state index in [-0.39, 0.29) is 30.8 Å². The summed E-state index contributed by atoms with van der Waals surface area (Å²) in [5, 5.41) is 3.34. The third-order valence-electron chi connectivity index (χ3n) is 4.64. The number of amides is 1. The van der Waals surface area contributed by atoms with Crippen molar-refractivity contribution in [3.8, 4) is 0 Å². The summed E-state index contributed by atoms with van der Waals surface area (Å²) in [6.07, 6.45) is 3.49. The summed E-state index contributed by atoms with van der Waals surface area (Å²) < 4.78 is 4.78. The first-order valence-corrected chi connectivity index (χ1v) is 7.86. The Morgan fingerprint density at radius 1 is 1.26 bits per heavy atom. The minimum absolute atomic E-state index is 0. The van der Waals surface area contributed by atoms with Crippen molar-refractivity contribution in [1.29, 1.82) is 0 Å². The van der Waals surface area contributed by atoms with E-state index in [1.54, 1.807) is 4.90 Å². The third kappa shape index (κ3) is 3.85. The van der Waals surface area contributed by atoms with Crippen molar-refractivity contribution in [2.75, 3.05) is 20.2 Å². The number of likely N-dealkylation sites (tertiary alicyclic amines) is 1. The number of fused-ring (bicyclic) bond motifs is 1. The van der Waals surface area contributed by atoms with E-state index >= 15 is 0 Å². The summed E-state index contributed by atoms with van der Waals surface area (Å²) in [5.41, 5.74) is 2.72. The SMILES string of the molecule is COC(=O)[C@@H]1CCCN1C(=O)CNC1Cc2ccccc2C1.Cl. The second kappa shape index (κ2) is 7.79. The Hall–Kier alpha value is -1.59. The fraction of sp³-hybridized carbons (Fsp3) is 0.529. The smallest absolute Gasteiger partial charge is 0.328 e. The maximum atomic E-state index is 12.4. The van der Waals surface area contributed by atoms with E-state index in [0.717, 1.165) is 19.3 Å². The number of hydrogen-bond acceptors (Lipinski definition) is 4. The van der Waals surface area contributed by atoms with Crippen LogP contribution in [0.5, 0.6) is 0 Å². The van der Waals surface area contributed by atoms with Gasteiger partial charge in [-0.1, -0.05) is 24.3 Å². The molecule has 1 fully saturated rings. The fourth-order valence-electron chi connectivity index (χ4n) is 3.48. The second-order valence-electron chi connectivity index (χ2n) is 6.02. The predicted molar refractivity (Wildman–Crippen MR) is 89.6 cm³/mol. The summed E-state index contributed by atoms with van der Waals surface area (Å²) in [7, 11) is 1.37. The quantitative estimate of drug-likeness (QED) is 0.841. The Labute approximate surface area is 142 Å². The van der Waals surface area contributed by atoms with Crippen LogP contribution in [0, 0.1) is 0 Å². The third-order valence-corrected chi connectivity index (χ3v) is 4.64. The van der Waals surface area contributed by atoms with Gasteiger partial charge in [-0.25, -0.2) is 4.79 Å². The molecule has 1 atom stereocenters. The largest absolute Gasteiger partial charge is 0.467 e. The molecule has 1 amide bonds. The molecule has 5 nitrogen and oxygen atoms in total. The molecule has 23 heavy (non-hydrogen) atoms. The van der Waals surface area contributed by atoms with Gasteiger partial charge in [0.1, 0.15) is 6.04 Å². The molecule has 0 spiro atoms. The highest BCUT2D eigenvalue weighted by atomic mass is 35.5. The number of rotatable bonds is 4. The van der Waals surface area contributed by atoms with Gasteiger partial charge >= 0.3 is 5.97 Å². The molecule has 1 N–H and O–H groups in total. The molecule has 0 bridgehead atoms. The lowest BCUT2D eigenvalue weighted by atomic mass is 10.1. The molecule has 1 aliphatic heterocycles. The van der Waals surface area contributed by atoms with Crippen LogP contribution in [0.25, 0.3) is 0 Å². The molecule has 0 aromatic heterocycles. The summed E-state index contributed by atoms with van der Waals surface area (Å²) in [6, 6.07) is 8.30. The van der Waals surface area contributed by atoms with Gasteiger partial charge in [0, 0.05) is 12.6 Å². The van der Waals surface area contributed by atoms with Gasteiger partial charge in [-0.3, -0.25) is 4.79 Å². The van der Waals surface area contributed by atoms with Gasteiger partial charge in [0.25, 0.3) is 0 Å². The Morgan fingerprint density at radius 3 is 2.52 bits per heavy atom. The van der Waals surface area contributed by atoms with Crippen molar-refractivity contribution in [3.63, 3.8) is 0 Å². The molecule has 1 aliphatic carbocycles. The van der Waals surface area contributed by atoms with E-state index < -0.39 is 6.04 Å². The maximum Gasteiger partial charge on any atom is 0.328 e. The van der Waals surface area contributed by atoms with Crippen molar-refractivity contribution in [3.05, 3.63) is 35.4 Å². The molecule has 2 aliphatic rings. The van der Waals surface area contributed by atoms with Gasteiger partial charge in [-0.05, 0) is 36.8 Å². The summed E-state index contributed by atoms with van der Waals surface area (Å²) in [4.78, 5) is 25.7. The Kier molecular flexibility index (Phi) is 6.02. The lowest BCUT2D eigenvalue weighted by molar-refractivity contribution is -0.150. The first kappa shape index (κ1) is 17.8. The lowest BCUT2D eigenvalue weighted by Crippen LogP contribution is -2.46. The van der Waals surface area contributed by atoms with Crippen molar-refractivity contribution < 1.29 is 14.3 Å². The maximum absolute atomic E-state index is 12.4. The standard InChI is InChI=1S/C17H22N2O3.ClH/c1-22-17(21)15-7-4-8-19(15)16(20)11-18-14-9-12-5-2-3-6-13(12)10-14;/h2-3,5-6,14-15,18H,4,7-11H2,1H3;1H/t15-;/m0./s1. The number of benzene rings is 1. The average Bonchev–Trinajstić information content (AvgIpc) is 3.17. The van der Waals surface area contributed by atoms with Crippen LogP contribution >= 0.6 is 12.4 Å². The van der Waals surface area contributed by atoms with Gasteiger partial charge in [-0.2, -0.15) is 0 Å². The number of hydrogen-bond donors (Lipinski definition) is 1. The fourth-order valence-corrected chi connectivity index (χ4v) is 3.48. The molecule has 1 heterocycles. The monoisotopic (exact) mass is 338 g/mol. The Balaban J connectivity index is 0.00000192. The van der Waals surface area contributed by atoms with Crippen LogP contribution in [-0.2, 0) is 27.2 Å². The number of ether oxygens (including phenoxy) is 1. The van der Waals surface area contributed by atoms with Crippen LogP contribution < -0.4 is 5.32 Å². The van der Waals surface area contributed by atoms with Crippen LogP contribution in [-0.4, -0.2) is 49.1 Å². The van der Waals surface area contributed by atoms with Gasteiger partial charge in [0.15, 0.2) is 0 Å². The second-order valence-corrected chi connectivity index (χ2v) is 6.02. The minimum atomic E-state index is -0.403. The molecule has 0 radical (unpaired) electrons. The first-order chi connectivity index (χ1) is 10.7. The molecule has 3 rings (SSSR count). The zero-order chi connectivity index (χ0) is 15.5. The minimum Gasteiger partial charge on any atom is -0.467 e. The van der Waals surface area contributed by atoms with E-state index in [1.807, 2.05) is 0 Å². The molecular weight excluding hydrogens is 316 g/mol. The summed E-state index contributed by atoms with van der Waals surface area (Å²) in [5.74, 6) is -0.317. The topological polar surface area (TPSA) is 58.6 Å². The van der Waals surface area contributed by atoms with Crippen LogP contribution in [0.4, 0.5) is 0 Å². The van der Waals surface area contributed by atoms with Crippen LogP contribution in [0.15, 0.2) is 24.3 Å². The number of carbonyl (C=O) groups is 2.